The number of nitrogens with two attached hydrogens (primary N) is 1. The van der Waals surface area contributed by atoms with Crippen LogP contribution < -0.4 is 10.5 Å². The average molecular weight is 504 g/mol. The van der Waals surface area contributed by atoms with Crippen LogP contribution in [0.15, 0.2) is 66.7 Å². The summed E-state index contributed by atoms with van der Waals surface area (Å²) in [5, 5.41) is 0.932. The highest BCUT2D eigenvalue weighted by Crippen LogP contribution is 2.36. The molecule has 6 nitrogen and oxygen atoms in total. The number of thiophene rings is 1. The van der Waals surface area contributed by atoms with E-state index in [2.05, 4.69) is 12.1 Å². The fourth-order valence-electron chi connectivity index (χ4n) is 4.02. The molecular weight excluding hydrogens is 474 g/mol. The minimum Gasteiger partial charge on any atom is -0.489 e. The largest absolute Gasteiger partial charge is 0.489 e. The van der Waals surface area contributed by atoms with Gasteiger partial charge in [-0.1, -0.05) is 42.5 Å². The molecule has 0 unspecified atom stereocenters. The summed E-state index contributed by atoms with van der Waals surface area (Å²) in [6, 6.07) is 21.6. The van der Waals surface area contributed by atoms with E-state index < -0.39 is 0 Å². The predicted octanol–water partition coefficient (Wildman–Crippen LogP) is 5.89. The second-order valence-corrected chi connectivity index (χ2v) is 9.18. The molecule has 0 spiro atoms. The Morgan fingerprint density at radius 1 is 0.889 bits per heavy atom. The van der Waals surface area contributed by atoms with Gasteiger partial charge in [0.15, 0.2) is 0 Å². The highest BCUT2D eigenvalue weighted by atomic mass is 32.1. The smallest absolute Gasteiger partial charge is 0.348 e. The zero-order valence-corrected chi connectivity index (χ0v) is 21.2. The van der Waals surface area contributed by atoms with Gasteiger partial charge >= 0.3 is 11.9 Å². The zero-order chi connectivity index (χ0) is 25.5. The molecule has 0 fully saturated rings. The molecule has 4 rings (SSSR count). The van der Waals surface area contributed by atoms with Crippen LogP contribution in [-0.2, 0) is 33.8 Å². The Hall–Kier alpha value is -3.68. The maximum absolute atomic E-state index is 12.8. The van der Waals surface area contributed by atoms with Crippen LogP contribution in [0.1, 0.15) is 40.2 Å². The predicted molar refractivity (Wildman–Crippen MR) is 142 cm³/mol. The lowest BCUT2D eigenvalue weighted by Gasteiger charge is -2.12. The number of benzene rings is 3. The van der Waals surface area contributed by atoms with Gasteiger partial charge in [-0.05, 0) is 54.8 Å². The van der Waals surface area contributed by atoms with Gasteiger partial charge in [0.1, 0.15) is 17.2 Å². The number of hydrogen-bond donors (Lipinski definition) is 1. The van der Waals surface area contributed by atoms with E-state index in [9.17, 15) is 9.59 Å². The highest BCUT2D eigenvalue weighted by molar-refractivity contribution is 7.21. The summed E-state index contributed by atoms with van der Waals surface area (Å²) < 4.78 is 17.6. The SMILES string of the molecule is CCOC(=O)Cc1ccccc1OCc1c(C(=O)OCC)sc2ccc(-c3cccc(CN)c3)cc12. The quantitative estimate of drug-likeness (QED) is 0.272. The normalized spacial score (nSPS) is 10.9. The van der Waals surface area contributed by atoms with Crippen LogP contribution in [0.4, 0.5) is 0 Å². The van der Waals surface area contributed by atoms with Crippen molar-refractivity contribution >= 4 is 33.4 Å². The van der Waals surface area contributed by atoms with Crippen molar-refractivity contribution in [2.24, 2.45) is 5.73 Å². The molecule has 36 heavy (non-hydrogen) atoms. The molecule has 7 heteroatoms. The molecule has 0 amide bonds. The van der Waals surface area contributed by atoms with Crippen molar-refractivity contribution in [2.45, 2.75) is 33.4 Å². The molecule has 3 aromatic carbocycles. The Morgan fingerprint density at radius 3 is 2.44 bits per heavy atom. The van der Waals surface area contributed by atoms with E-state index in [1.165, 1.54) is 11.3 Å². The van der Waals surface area contributed by atoms with E-state index in [0.717, 1.165) is 37.9 Å². The molecule has 1 aromatic heterocycles. The molecular formula is C29H29NO5S. The molecule has 4 aromatic rings. The molecule has 0 saturated carbocycles. The monoisotopic (exact) mass is 503 g/mol. The zero-order valence-electron chi connectivity index (χ0n) is 20.4. The number of rotatable bonds is 10. The summed E-state index contributed by atoms with van der Waals surface area (Å²) in [7, 11) is 0. The van der Waals surface area contributed by atoms with E-state index in [-0.39, 0.29) is 31.6 Å². The van der Waals surface area contributed by atoms with Crippen molar-refractivity contribution in [3.63, 3.8) is 0 Å². The molecule has 0 saturated heterocycles. The molecule has 2 N–H and O–H groups in total. The van der Waals surface area contributed by atoms with Crippen LogP contribution in [-0.4, -0.2) is 25.2 Å². The number of carbonyl (C=O) groups excluding carboxylic acids is 2. The van der Waals surface area contributed by atoms with Crippen molar-refractivity contribution in [1.82, 2.24) is 0 Å². The maximum Gasteiger partial charge on any atom is 0.348 e. The highest BCUT2D eigenvalue weighted by Gasteiger charge is 2.21. The van der Waals surface area contributed by atoms with E-state index in [1.54, 1.807) is 13.8 Å². The van der Waals surface area contributed by atoms with Gasteiger partial charge in [-0.15, -0.1) is 11.3 Å². The minimum atomic E-state index is -0.371. The van der Waals surface area contributed by atoms with Gasteiger partial charge in [-0.2, -0.15) is 0 Å². The van der Waals surface area contributed by atoms with Crippen LogP contribution in [0.25, 0.3) is 21.2 Å². The summed E-state index contributed by atoms with van der Waals surface area (Å²) >= 11 is 1.39. The van der Waals surface area contributed by atoms with Gasteiger partial charge < -0.3 is 19.9 Å². The molecule has 0 aliphatic rings. The number of ether oxygens (including phenoxy) is 3. The summed E-state index contributed by atoms with van der Waals surface area (Å²) in [4.78, 5) is 25.4. The molecule has 0 aliphatic heterocycles. The third kappa shape index (κ3) is 5.75. The first-order valence-corrected chi connectivity index (χ1v) is 12.7. The molecule has 0 atom stereocenters. The average Bonchev–Trinajstić information content (AvgIpc) is 3.26. The molecule has 0 bridgehead atoms. The first-order chi connectivity index (χ1) is 17.5. The standard InChI is InChI=1S/C29H29NO5S/c1-3-33-27(31)16-22-9-5-6-11-25(22)35-18-24-23-15-21(20-10-7-8-19(14-20)17-30)12-13-26(23)36-28(24)29(32)34-4-2/h5-15H,3-4,16-18,30H2,1-2H3. The third-order valence-corrected chi connectivity index (χ3v) is 6.93. The Balaban J connectivity index is 1.71. The van der Waals surface area contributed by atoms with Crippen molar-refractivity contribution in [3.8, 4) is 16.9 Å². The van der Waals surface area contributed by atoms with E-state index in [1.807, 2.05) is 54.6 Å². The van der Waals surface area contributed by atoms with E-state index in [0.29, 0.717) is 23.8 Å². The number of esters is 2. The maximum atomic E-state index is 12.8. The van der Waals surface area contributed by atoms with Gasteiger partial charge in [-0.25, -0.2) is 4.79 Å². The van der Waals surface area contributed by atoms with Crippen LogP contribution in [0.3, 0.4) is 0 Å². The number of fused-ring (bicyclic) bond motifs is 1. The first-order valence-electron chi connectivity index (χ1n) is 11.9. The van der Waals surface area contributed by atoms with Crippen LogP contribution >= 0.6 is 11.3 Å². The summed E-state index contributed by atoms with van der Waals surface area (Å²) in [6.45, 7) is 4.79. The minimum absolute atomic E-state index is 0.112. The van der Waals surface area contributed by atoms with Crippen molar-refractivity contribution in [2.75, 3.05) is 13.2 Å². The number of para-hydroxylation sites is 1. The first kappa shape index (κ1) is 25.4. The summed E-state index contributed by atoms with van der Waals surface area (Å²) in [5.74, 6) is -0.110. The lowest BCUT2D eigenvalue weighted by molar-refractivity contribution is -0.142. The Bertz CT molecular complexity index is 1380. The van der Waals surface area contributed by atoms with Crippen molar-refractivity contribution in [1.29, 1.82) is 0 Å². The van der Waals surface area contributed by atoms with Gasteiger partial charge in [0.05, 0.1) is 19.6 Å². The van der Waals surface area contributed by atoms with E-state index >= 15 is 0 Å². The Labute approximate surface area is 214 Å². The number of carbonyl (C=O) groups is 2. The summed E-state index contributed by atoms with van der Waals surface area (Å²) in [5.41, 5.74) is 10.4. The topological polar surface area (TPSA) is 87.8 Å². The molecule has 186 valence electrons. The van der Waals surface area contributed by atoms with Gasteiger partial charge in [0.25, 0.3) is 0 Å². The molecule has 0 radical (unpaired) electrons. The molecule has 1 heterocycles. The fourth-order valence-corrected chi connectivity index (χ4v) is 5.10. The second kappa shape index (κ2) is 11.8. The van der Waals surface area contributed by atoms with Gasteiger partial charge in [0, 0.05) is 27.8 Å². The van der Waals surface area contributed by atoms with Crippen LogP contribution in [0.5, 0.6) is 5.75 Å². The third-order valence-electron chi connectivity index (χ3n) is 5.73. The molecule has 0 aliphatic carbocycles. The lowest BCUT2D eigenvalue weighted by Crippen LogP contribution is -2.10. The van der Waals surface area contributed by atoms with Crippen molar-refractivity contribution < 1.29 is 23.8 Å². The second-order valence-electron chi connectivity index (χ2n) is 8.12. The number of hydrogen-bond acceptors (Lipinski definition) is 7. The van der Waals surface area contributed by atoms with Gasteiger partial charge in [0.2, 0.25) is 0 Å². The fraction of sp³-hybridized carbons (Fsp3) is 0.241. The van der Waals surface area contributed by atoms with E-state index in [4.69, 9.17) is 19.9 Å². The Kier molecular flexibility index (Phi) is 8.36. The van der Waals surface area contributed by atoms with Gasteiger partial charge in [-0.3, -0.25) is 4.79 Å². The van der Waals surface area contributed by atoms with Crippen molar-refractivity contribution in [3.05, 3.63) is 88.3 Å². The van der Waals surface area contributed by atoms with Crippen LogP contribution in [0.2, 0.25) is 0 Å². The summed E-state index contributed by atoms with van der Waals surface area (Å²) in [6.07, 6.45) is 0.112. The Morgan fingerprint density at radius 2 is 1.67 bits per heavy atom. The lowest BCUT2D eigenvalue weighted by atomic mass is 10.0. The van der Waals surface area contributed by atoms with Crippen LogP contribution in [0, 0.1) is 0 Å².